The van der Waals surface area contributed by atoms with Crippen molar-refractivity contribution in [2.45, 2.75) is 32.9 Å². The molecule has 108 valence electrons. The lowest BCUT2D eigenvalue weighted by molar-refractivity contribution is -0.152. The second kappa shape index (κ2) is 5.11. The highest BCUT2D eigenvalue weighted by molar-refractivity contribution is 5.97. The van der Waals surface area contributed by atoms with Crippen LogP contribution in [0.25, 0.3) is 0 Å². The van der Waals surface area contributed by atoms with Gasteiger partial charge in [0, 0.05) is 17.8 Å². The van der Waals surface area contributed by atoms with Gasteiger partial charge in [-0.25, -0.2) is 0 Å². The number of aromatic nitrogens is 1. The monoisotopic (exact) mass is 277 g/mol. The number of hydrogen-bond donors (Lipinski definition) is 1. The zero-order valence-electron chi connectivity index (χ0n) is 12.2. The van der Waals surface area contributed by atoms with Crippen molar-refractivity contribution in [3.63, 3.8) is 0 Å². The van der Waals surface area contributed by atoms with Crippen LogP contribution in [-0.4, -0.2) is 40.9 Å². The highest BCUT2D eigenvalue weighted by atomic mass is 16.5. The lowest BCUT2D eigenvalue weighted by atomic mass is 9.98. The maximum absolute atomic E-state index is 12.1. The molecular weight excluding hydrogens is 258 g/mol. The Hall–Kier alpha value is -2.11. The Kier molecular flexibility index (Phi) is 3.65. The summed E-state index contributed by atoms with van der Waals surface area (Å²) in [7, 11) is 1.59. The van der Waals surface area contributed by atoms with E-state index in [-0.39, 0.29) is 24.9 Å². The van der Waals surface area contributed by atoms with E-state index in [2.05, 4.69) is 10.3 Å². The standard InChI is InChI=1S/C14H19N3O3/c1-9-5-11(20-4)6-10(16-9)8-17-12(18)7-15-13(19)14(17,2)3/h5-6H,7-8H2,1-4H3,(H,15,19). The van der Waals surface area contributed by atoms with Gasteiger partial charge in [0.05, 0.1) is 25.9 Å². The van der Waals surface area contributed by atoms with Crippen molar-refractivity contribution < 1.29 is 14.3 Å². The lowest BCUT2D eigenvalue weighted by Gasteiger charge is -2.40. The van der Waals surface area contributed by atoms with E-state index >= 15 is 0 Å². The average molecular weight is 277 g/mol. The molecule has 2 heterocycles. The van der Waals surface area contributed by atoms with Crippen molar-refractivity contribution in [3.05, 3.63) is 23.5 Å². The van der Waals surface area contributed by atoms with Crippen LogP contribution in [0, 0.1) is 6.92 Å². The minimum absolute atomic E-state index is 0.0330. The summed E-state index contributed by atoms with van der Waals surface area (Å²) in [5.41, 5.74) is 0.637. The molecule has 0 spiro atoms. The highest BCUT2D eigenvalue weighted by Gasteiger charge is 2.41. The summed E-state index contributed by atoms with van der Waals surface area (Å²) in [6, 6.07) is 3.60. The normalized spacial score (nSPS) is 17.9. The quantitative estimate of drug-likeness (QED) is 0.880. The third-order valence-corrected chi connectivity index (χ3v) is 3.47. The van der Waals surface area contributed by atoms with E-state index in [9.17, 15) is 9.59 Å². The maximum atomic E-state index is 12.1. The van der Waals surface area contributed by atoms with Crippen molar-refractivity contribution in [2.24, 2.45) is 0 Å². The molecule has 1 fully saturated rings. The maximum Gasteiger partial charge on any atom is 0.245 e. The van der Waals surface area contributed by atoms with E-state index < -0.39 is 5.54 Å². The van der Waals surface area contributed by atoms with Crippen LogP contribution in [0.1, 0.15) is 25.2 Å². The third-order valence-electron chi connectivity index (χ3n) is 3.47. The van der Waals surface area contributed by atoms with E-state index in [1.807, 2.05) is 13.0 Å². The van der Waals surface area contributed by atoms with Gasteiger partial charge in [-0.05, 0) is 20.8 Å². The first-order valence-corrected chi connectivity index (χ1v) is 6.45. The van der Waals surface area contributed by atoms with Gasteiger partial charge in [0.15, 0.2) is 0 Å². The average Bonchev–Trinajstić information content (AvgIpc) is 2.39. The second-order valence-electron chi connectivity index (χ2n) is 5.36. The zero-order valence-corrected chi connectivity index (χ0v) is 12.2. The smallest absolute Gasteiger partial charge is 0.245 e. The topological polar surface area (TPSA) is 71.5 Å². The predicted octanol–water partition coefficient (Wildman–Crippen LogP) is 0.636. The van der Waals surface area contributed by atoms with Gasteiger partial charge in [-0.1, -0.05) is 0 Å². The Labute approximate surface area is 118 Å². The second-order valence-corrected chi connectivity index (χ2v) is 5.36. The van der Waals surface area contributed by atoms with E-state index in [0.29, 0.717) is 11.4 Å². The van der Waals surface area contributed by atoms with Gasteiger partial charge in [0.1, 0.15) is 11.3 Å². The first kappa shape index (κ1) is 14.3. The molecule has 0 bridgehead atoms. The summed E-state index contributed by atoms with van der Waals surface area (Å²) in [5.74, 6) is 0.424. The number of pyridine rings is 1. The molecular formula is C14H19N3O3. The summed E-state index contributed by atoms with van der Waals surface area (Å²) >= 11 is 0. The van der Waals surface area contributed by atoms with Gasteiger partial charge in [-0.15, -0.1) is 0 Å². The van der Waals surface area contributed by atoms with Gasteiger partial charge in [0.25, 0.3) is 0 Å². The molecule has 0 unspecified atom stereocenters. The molecule has 6 heteroatoms. The fourth-order valence-corrected chi connectivity index (χ4v) is 2.25. The number of hydrogen-bond acceptors (Lipinski definition) is 4. The van der Waals surface area contributed by atoms with E-state index in [1.165, 1.54) is 0 Å². The van der Waals surface area contributed by atoms with E-state index in [1.54, 1.807) is 31.9 Å². The van der Waals surface area contributed by atoms with Crippen LogP contribution in [0.3, 0.4) is 0 Å². The molecule has 1 N–H and O–H groups in total. The van der Waals surface area contributed by atoms with Crippen LogP contribution in [0.5, 0.6) is 5.75 Å². The van der Waals surface area contributed by atoms with Gasteiger partial charge >= 0.3 is 0 Å². The number of ether oxygens (including phenoxy) is 1. The first-order chi connectivity index (χ1) is 9.34. The van der Waals surface area contributed by atoms with Crippen molar-refractivity contribution >= 4 is 11.8 Å². The minimum atomic E-state index is -0.881. The molecule has 0 saturated carbocycles. The van der Waals surface area contributed by atoms with Gasteiger partial charge in [-0.2, -0.15) is 0 Å². The number of nitrogens with zero attached hydrogens (tertiary/aromatic N) is 2. The van der Waals surface area contributed by atoms with E-state index in [4.69, 9.17) is 4.74 Å². The Morgan fingerprint density at radius 2 is 2.10 bits per heavy atom. The largest absolute Gasteiger partial charge is 0.497 e. The number of methoxy groups -OCH3 is 1. The van der Waals surface area contributed by atoms with Gasteiger partial charge in [-0.3, -0.25) is 14.6 Å². The number of aryl methyl sites for hydroxylation is 1. The van der Waals surface area contributed by atoms with Crippen LogP contribution in [0.15, 0.2) is 12.1 Å². The molecule has 1 aromatic rings. The molecule has 2 amide bonds. The predicted molar refractivity (Wildman–Crippen MR) is 73.2 cm³/mol. The summed E-state index contributed by atoms with van der Waals surface area (Å²) in [5, 5.41) is 2.60. The molecule has 1 saturated heterocycles. The lowest BCUT2D eigenvalue weighted by Crippen LogP contribution is -2.63. The Morgan fingerprint density at radius 1 is 1.40 bits per heavy atom. The van der Waals surface area contributed by atoms with Crippen molar-refractivity contribution in [1.82, 2.24) is 15.2 Å². The molecule has 1 aliphatic rings. The fraction of sp³-hybridized carbons (Fsp3) is 0.500. The van der Waals surface area contributed by atoms with Gasteiger partial charge < -0.3 is 15.0 Å². The Morgan fingerprint density at radius 3 is 2.75 bits per heavy atom. The summed E-state index contributed by atoms with van der Waals surface area (Å²) in [6.07, 6.45) is 0. The fourth-order valence-electron chi connectivity index (χ4n) is 2.25. The van der Waals surface area contributed by atoms with Crippen LogP contribution in [0.4, 0.5) is 0 Å². The molecule has 2 rings (SSSR count). The number of nitrogens with one attached hydrogen (secondary N) is 1. The van der Waals surface area contributed by atoms with Crippen molar-refractivity contribution in [2.75, 3.05) is 13.7 Å². The number of amides is 2. The van der Waals surface area contributed by atoms with Crippen molar-refractivity contribution in [3.8, 4) is 5.75 Å². The summed E-state index contributed by atoms with van der Waals surface area (Å²) in [4.78, 5) is 29.9. The summed E-state index contributed by atoms with van der Waals surface area (Å²) < 4.78 is 5.20. The highest BCUT2D eigenvalue weighted by Crippen LogP contribution is 2.22. The zero-order chi connectivity index (χ0) is 14.9. The molecule has 20 heavy (non-hydrogen) atoms. The molecule has 0 atom stereocenters. The number of carbonyl (C=O) groups excluding carboxylic acids is 2. The first-order valence-electron chi connectivity index (χ1n) is 6.45. The van der Waals surface area contributed by atoms with Crippen LogP contribution < -0.4 is 10.1 Å². The minimum Gasteiger partial charge on any atom is -0.497 e. The molecule has 6 nitrogen and oxygen atoms in total. The Balaban J connectivity index is 2.29. The van der Waals surface area contributed by atoms with Crippen molar-refractivity contribution in [1.29, 1.82) is 0 Å². The number of rotatable bonds is 3. The third kappa shape index (κ3) is 2.59. The van der Waals surface area contributed by atoms with E-state index in [0.717, 1.165) is 5.69 Å². The molecule has 1 aliphatic heterocycles. The molecule has 0 radical (unpaired) electrons. The molecule has 0 aliphatic carbocycles. The van der Waals surface area contributed by atoms with Gasteiger partial charge in [0.2, 0.25) is 11.8 Å². The van der Waals surface area contributed by atoms with Crippen LogP contribution in [0.2, 0.25) is 0 Å². The van der Waals surface area contributed by atoms with Crippen LogP contribution in [-0.2, 0) is 16.1 Å². The summed E-state index contributed by atoms with van der Waals surface area (Å²) in [6.45, 7) is 5.64. The Bertz CT molecular complexity index is 555. The molecule has 0 aromatic carbocycles. The number of piperazine rings is 1. The SMILES string of the molecule is COc1cc(C)nc(CN2C(=O)CNC(=O)C2(C)C)c1. The molecule has 1 aromatic heterocycles. The van der Waals surface area contributed by atoms with Crippen LogP contribution >= 0.6 is 0 Å². The number of carbonyl (C=O) groups is 2.